The molecule has 0 fully saturated rings. The van der Waals surface area contributed by atoms with E-state index in [0.29, 0.717) is 11.1 Å². The molecule has 1 aromatic heterocycles. The van der Waals surface area contributed by atoms with Crippen molar-refractivity contribution in [1.82, 2.24) is 4.98 Å². The molecule has 0 aliphatic rings. The van der Waals surface area contributed by atoms with Gasteiger partial charge in [-0.2, -0.15) is 13.2 Å². The van der Waals surface area contributed by atoms with Gasteiger partial charge in [-0.1, -0.05) is 30.3 Å². The van der Waals surface area contributed by atoms with Gasteiger partial charge in [0.25, 0.3) is 5.91 Å². The summed E-state index contributed by atoms with van der Waals surface area (Å²) in [6, 6.07) is 14.6. The molecule has 0 atom stereocenters. The molecule has 7 heteroatoms. The van der Waals surface area contributed by atoms with Crippen molar-refractivity contribution in [3.05, 3.63) is 78.1 Å². The summed E-state index contributed by atoms with van der Waals surface area (Å²) in [6.07, 6.45) is -3.07. The van der Waals surface area contributed by atoms with Gasteiger partial charge in [0.05, 0.1) is 11.1 Å². The lowest BCUT2D eigenvalue weighted by molar-refractivity contribution is -0.137. The summed E-state index contributed by atoms with van der Waals surface area (Å²) in [5, 5.41) is 0. The zero-order valence-electron chi connectivity index (χ0n) is 13.3. The van der Waals surface area contributed by atoms with E-state index in [9.17, 15) is 18.0 Å². The number of rotatable bonds is 4. The van der Waals surface area contributed by atoms with E-state index in [1.54, 1.807) is 30.3 Å². The molecular weight excluding hydrogens is 345 g/mol. The highest BCUT2D eigenvalue weighted by Gasteiger charge is 2.30. The van der Waals surface area contributed by atoms with E-state index in [4.69, 9.17) is 10.5 Å². The number of hydrogen-bond acceptors (Lipinski definition) is 3. The zero-order chi connectivity index (χ0) is 18.7. The predicted molar refractivity (Wildman–Crippen MR) is 89.7 cm³/mol. The maximum Gasteiger partial charge on any atom is 0.416 e. The van der Waals surface area contributed by atoms with Crippen molar-refractivity contribution in [2.75, 3.05) is 0 Å². The first kappa shape index (κ1) is 17.5. The Morgan fingerprint density at radius 3 is 2.19 bits per heavy atom. The summed E-state index contributed by atoms with van der Waals surface area (Å²) < 4.78 is 43.7. The molecule has 0 radical (unpaired) electrons. The largest absolute Gasteiger partial charge is 0.457 e. The number of pyridine rings is 1. The zero-order valence-corrected chi connectivity index (χ0v) is 13.3. The number of amides is 1. The summed E-state index contributed by atoms with van der Waals surface area (Å²) >= 11 is 0. The van der Waals surface area contributed by atoms with Gasteiger partial charge >= 0.3 is 6.18 Å². The highest BCUT2D eigenvalue weighted by molar-refractivity contribution is 5.99. The van der Waals surface area contributed by atoms with E-state index in [1.807, 2.05) is 0 Å². The minimum Gasteiger partial charge on any atom is -0.457 e. The summed E-state index contributed by atoms with van der Waals surface area (Å²) in [5.74, 6) is -0.279. The Bertz CT molecular complexity index is 924. The van der Waals surface area contributed by atoms with Crippen LogP contribution in [0.2, 0.25) is 0 Å². The molecule has 0 saturated heterocycles. The fourth-order valence-corrected chi connectivity index (χ4v) is 2.44. The lowest BCUT2D eigenvalue weighted by Gasteiger charge is -2.14. The number of aromatic nitrogens is 1. The Labute approximate surface area is 147 Å². The van der Waals surface area contributed by atoms with Gasteiger partial charge in [0.1, 0.15) is 17.2 Å². The SMILES string of the molecule is NC(=O)c1nccc(Oc2ccc(C(F)(F)F)cc2)c1-c1ccccc1. The summed E-state index contributed by atoms with van der Waals surface area (Å²) in [5.41, 5.74) is 5.66. The number of benzene rings is 2. The molecule has 1 amide bonds. The monoisotopic (exact) mass is 358 g/mol. The minimum absolute atomic E-state index is 0.0145. The number of nitrogens with two attached hydrogens (primary N) is 1. The van der Waals surface area contributed by atoms with Gasteiger partial charge < -0.3 is 10.5 Å². The lowest BCUT2D eigenvalue weighted by atomic mass is 10.0. The smallest absolute Gasteiger partial charge is 0.416 e. The van der Waals surface area contributed by atoms with E-state index in [-0.39, 0.29) is 17.2 Å². The maximum atomic E-state index is 12.7. The molecule has 3 aromatic rings. The fraction of sp³-hybridized carbons (Fsp3) is 0.0526. The van der Waals surface area contributed by atoms with Crippen LogP contribution in [0.1, 0.15) is 16.1 Å². The van der Waals surface area contributed by atoms with Crippen LogP contribution in [-0.4, -0.2) is 10.9 Å². The molecule has 0 unspecified atom stereocenters. The topological polar surface area (TPSA) is 65.2 Å². The fourth-order valence-electron chi connectivity index (χ4n) is 2.44. The molecule has 0 aliphatic carbocycles. The molecule has 132 valence electrons. The number of hydrogen-bond donors (Lipinski definition) is 1. The molecule has 0 aliphatic heterocycles. The number of alkyl halides is 3. The minimum atomic E-state index is -4.43. The van der Waals surface area contributed by atoms with Crippen molar-refractivity contribution < 1.29 is 22.7 Å². The second kappa shape index (κ2) is 6.87. The van der Waals surface area contributed by atoms with Gasteiger partial charge in [-0.15, -0.1) is 0 Å². The molecular formula is C19H13F3N2O2. The number of primary amides is 1. The molecule has 3 rings (SSSR count). The average molecular weight is 358 g/mol. The predicted octanol–water partition coefficient (Wildman–Crippen LogP) is 4.66. The highest BCUT2D eigenvalue weighted by Crippen LogP contribution is 2.36. The van der Waals surface area contributed by atoms with Gasteiger partial charge in [0.15, 0.2) is 0 Å². The molecule has 1 heterocycles. The van der Waals surface area contributed by atoms with Crippen LogP contribution < -0.4 is 10.5 Å². The first-order chi connectivity index (χ1) is 12.4. The summed E-state index contributed by atoms with van der Waals surface area (Å²) in [7, 11) is 0. The van der Waals surface area contributed by atoms with Crippen molar-refractivity contribution in [2.24, 2.45) is 5.73 Å². The normalized spacial score (nSPS) is 11.2. The van der Waals surface area contributed by atoms with E-state index in [1.165, 1.54) is 24.4 Å². The van der Waals surface area contributed by atoms with Crippen molar-refractivity contribution in [3.63, 3.8) is 0 Å². The van der Waals surface area contributed by atoms with Crippen LogP contribution in [0.4, 0.5) is 13.2 Å². The van der Waals surface area contributed by atoms with E-state index in [2.05, 4.69) is 4.98 Å². The van der Waals surface area contributed by atoms with Crippen molar-refractivity contribution in [3.8, 4) is 22.6 Å². The first-order valence-electron chi connectivity index (χ1n) is 7.55. The van der Waals surface area contributed by atoms with Crippen molar-refractivity contribution in [2.45, 2.75) is 6.18 Å². The summed E-state index contributed by atoms with van der Waals surface area (Å²) in [4.78, 5) is 15.7. The van der Waals surface area contributed by atoms with Crippen LogP contribution in [0.5, 0.6) is 11.5 Å². The number of carbonyl (C=O) groups is 1. The second-order valence-electron chi connectivity index (χ2n) is 5.39. The van der Waals surface area contributed by atoms with Gasteiger partial charge in [-0.25, -0.2) is 0 Å². The third-order valence-corrected chi connectivity index (χ3v) is 3.62. The van der Waals surface area contributed by atoms with Crippen molar-refractivity contribution >= 4 is 5.91 Å². The standard InChI is InChI=1S/C19H13F3N2O2/c20-19(21,22)13-6-8-14(9-7-13)26-15-10-11-24-17(18(23)25)16(15)12-4-2-1-3-5-12/h1-11H,(H2,23,25). The number of carbonyl (C=O) groups excluding carboxylic acids is 1. The van der Waals surface area contributed by atoms with Crippen LogP contribution in [0, 0.1) is 0 Å². The second-order valence-corrected chi connectivity index (χ2v) is 5.39. The molecule has 0 saturated carbocycles. The average Bonchev–Trinajstić information content (AvgIpc) is 2.62. The Hall–Kier alpha value is -3.35. The number of ether oxygens (including phenoxy) is 1. The molecule has 2 aromatic carbocycles. The third-order valence-electron chi connectivity index (χ3n) is 3.62. The third kappa shape index (κ3) is 3.66. The van der Waals surface area contributed by atoms with E-state index in [0.717, 1.165) is 12.1 Å². The van der Waals surface area contributed by atoms with Crippen LogP contribution in [-0.2, 0) is 6.18 Å². The van der Waals surface area contributed by atoms with Gasteiger partial charge in [0.2, 0.25) is 0 Å². The van der Waals surface area contributed by atoms with E-state index >= 15 is 0 Å². The quantitative estimate of drug-likeness (QED) is 0.738. The summed E-state index contributed by atoms with van der Waals surface area (Å²) in [6.45, 7) is 0. The van der Waals surface area contributed by atoms with Gasteiger partial charge in [-0.05, 0) is 35.9 Å². The number of nitrogens with zero attached hydrogens (tertiary/aromatic N) is 1. The van der Waals surface area contributed by atoms with Gasteiger partial charge in [0, 0.05) is 6.20 Å². The highest BCUT2D eigenvalue weighted by atomic mass is 19.4. The molecule has 0 bridgehead atoms. The van der Waals surface area contributed by atoms with E-state index < -0.39 is 17.6 Å². The molecule has 26 heavy (non-hydrogen) atoms. The number of halogens is 3. The first-order valence-corrected chi connectivity index (χ1v) is 7.55. The Balaban J connectivity index is 2.03. The molecule has 0 spiro atoms. The van der Waals surface area contributed by atoms with Crippen LogP contribution in [0.25, 0.3) is 11.1 Å². The lowest BCUT2D eigenvalue weighted by Crippen LogP contribution is -2.15. The van der Waals surface area contributed by atoms with Crippen LogP contribution >= 0.6 is 0 Å². The van der Waals surface area contributed by atoms with Crippen LogP contribution in [0.3, 0.4) is 0 Å². The Morgan fingerprint density at radius 2 is 1.62 bits per heavy atom. The van der Waals surface area contributed by atoms with Crippen molar-refractivity contribution in [1.29, 1.82) is 0 Å². The van der Waals surface area contributed by atoms with Gasteiger partial charge in [-0.3, -0.25) is 9.78 Å². The Kier molecular flexibility index (Phi) is 4.62. The molecule has 4 nitrogen and oxygen atoms in total. The van der Waals surface area contributed by atoms with Crippen LogP contribution in [0.15, 0.2) is 66.9 Å². The molecule has 2 N–H and O–H groups in total. The maximum absolute atomic E-state index is 12.7. The Morgan fingerprint density at radius 1 is 0.962 bits per heavy atom.